The number of likely N-dealkylation sites (tertiary alicyclic amines) is 2. The first-order chi connectivity index (χ1) is 12.5. The molecule has 4 heteroatoms. The van der Waals surface area contributed by atoms with Crippen LogP contribution in [-0.4, -0.2) is 72.0 Å². The summed E-state index contributed by atoms with van der Waals surface area (Å²) in [5, 5.41) is 0. The van der Waals surface area contributed by atoms with Gasteiger partial charge in [0.15, 0.2) is 0 Å². The SMILES string of the molecule is CC(C)O[C@@H](C)C1(C)CCCN1C.CCN1C(C)CCC1[C@H](C)OC(C)C. The van der Waals surface area contributed by atoms with Gasteiger partial charge in [-0.05, 0) is 101 Å². The summed E-state index contributed by atoms with van der Waals surface area (Å²) in [5.41, 5.74) is 0.254. The van der Waals surface area contributed by atoms with Crippen molar-refractivity contribution in [2.24, 2.45) is 0 Å². The molecule has 4 nitrogen and oxygen atoms in total. The van der Waals surface area contributed by atoms with Crippen LogP contribution >= 0.6 is 0 Å². The summed E-state index contributed by atoms with van der Waals surface area (Å²) < 4.78 is 11.7. The third-order valence-electron chi connectivity index (χ3n) is 6.67. The molecule has 0 aromatic heterocycles. The maximum Gasteiger partial charge on any atom is 0.0731 e. The van der Waals surface area contributed by atoms with Gasteiger partial charge in [-0.1, -0.05) is 6.92 Å². The van der Waals surface area contributed by atoms with Crippen molar-refractivity contribution in [3.63, 3.8) is 0 Å². The largest absolute Gasteiger partial charge is 0.374 e. The van der Waals surface area contributed by atoms with Gasteiger partial charge in [-0.3, -0.25) is 9.80 Å². The second kappa shape index (κ2) is 11.1. The number of hydrogen-bond donors (Lipinski definition) is 0. The number of ether oxygens (including phenoxy) is 2. The first-order valence-corrected chi connectivity index (χ1v) is 11.3. The van der Waals surface area contributed by atoms with E-state index >= 15 is 0 Å². The lowest BCUT2D eigenvalue weighted by atomic mass is 9.93. The van der Waals surface area contributed by atoms with Crippen molar-refractivity contribution >= 4 is 0 Å². The fourth-order valence-electron chi connectivity index (χ4n) is 4.83. The van der Waals surface area contributed by atoms with Crippen LogP contribution in [0, 0.1) is 0 Å². The average molecular weight is 385 g/mol. The molecule has 0 bridgehead atoms. The van der Waals surface area contributed by atoms with E-state index in [1.807, 2.05) is 0 Å². The van der Waals surface area contributed by atoms with Gasteiger partial charge in [0.25, 0.3) is 0 Å². The van der Waals surface area contributed by atoms with Gasteiger partial charge in [0.1, 0.15) is 0 Å². The second-order valence-corrected chi connectivity index (χ2v) is 9.42. The molecular formula is C23H48N2O2. The van der Waals surface area contributed by atoms with Crippen LogP contribution in [-0.2, 0) is 9.47 Å². The molecule has 0 radical (unpaired) electrons. The van der Waals surface area contributed by atoms with Crippen molar-refractivity contribution in [3.05, 3.63) is 0 Å². The smallest absolute Gasteiger partial charge is 0.0731 e. The Morgan fingerprint density at radius 2 is 1.59 bits per heavy atom. The number of likely N-dealkylation sites (N-methyl/N-ethyl adjacent to an activating group) is 2. The van der Waals surface area contributed by atoms with Gasteiger partial charge in [-0.2, -0.15) is 0 Å². The molecule has 3 unspecified atom stereocenters. The van der Waals surface area contributed by atoms with E-state index < -0.39 is 0 Å². The lowest BCUT2D eigenvalue weighted by Crippen LogP contribution is -2.49. The highest BCUT2D eigenvalue weighted by atomic mass is 16.5. The van der Waals surface area contributed by atoms with Crippen molar-refractivity contribution in [1.82, 2.24) is 9.80 Å². The molecule has 0 aliphatic carbocycles. The average Bonchev–Trinajstić information content (AvgIpc) is 3.10. The van der Waals surface area contributed by atoms with Gasteiger partial charge in [0, 0.05) is 17.6 Å². The van der Waals surface area contributed by atoms with E-state index in [1.165, 1.54) is 32.2 Å². The fourth-order valence-corrected chi connectivity index (χ4v) is 4.83. The normalized spacial score (nSPS) is 32.0. The molecule has 2 saturated heterocycles. The quantitative estimate of drug-likeness (QED) is 0.619. The van der Waals surface area contributed by atoms with Crippen molar-refractivity contribution < 1.29 is 9.47 Å². The van der Waals surface area contributed by atoms with Gasteiger partial charge in [-0.15, -0.1) is 0 Å². The van der Waals surface area contributed by atoms with Gasteiger partial charge >= 0.3 is 0 Å². The molecule has 2 aliphatic rings. The molecule has 0 saturated carbocycles. The van der Waals surface area contributed by atoms with Gasteiger partial charge in [-0.25, -0.2) is 0 Å². The zero-order chi connectivity index (χ0) is 20.8. The molecule has 2 fully saturated rings. The summed E-state index contributed by atoms with van der Waals surface area (Å²) in [5.74, 6) is 0. The van der Waals surface area contributed by atoms with Crippen LogP contribution in [0.1, 0.15) is 88.0 Å². The van der Waals surface area contributed by atoms with Crippen LogP contribution < -0.4 is 0 Å². The third kappa shape index (κ3) is 6.99. The van der Waals surface area contributed by atoms with Crippen LogP contribution in [0.3, 0.4) is 0 Å². The molecule has 27 heavy (non-hydrogen) atoms. The van der Waals surface area contributed by atoms with Crippen LogP contribution in [0.4, 0.5) is 0 Å². The van der Waals surface area contributed by atoms with Crippen LogP contribution in [0.2, 0.25) is 0 Å². The lowest BCUT2D eigenvalue weighted by Gasteiger charge is -2.38. The Morgan fingerprint density at radius 3 is 2.04 bits per heavy atom. The van der Waals surface area contributed by atoms with Crippen molar-refractivity contribution in [3.8, 4) is 0 Å². The van der Waals surface area contributed by atoms with Crippen LogP contribution in [0.5, 0.6) is 0 Å². The Morgan fingerprint density at radius 1 is 1.00 bits per heavy atom. The predicted octanol–water partition coefficient (Wildman–Crippen LogP) is 4.96. The zero-order valence-electron chi connectivity index (χ0n) is 19.9. The molecule has 0 aromatic rings. The molecule has 0 aromatic carbocycles. The Hall–Kier alpha value is -0.160. The Labute approximate surface area is 170 Å². The molecule has 0 N–H and O–H groups in total. The maximum atomic E-state index is 5.87. The third-order valence-corrected chi connectivity index (χ3v) is 6.67. The molecule has 0 spiro atoms. The molecule has 0 amide bonds. The van der Waals surface area contributed by atoms with E-state index in [0.717, 1.165) is 12.6 Å². The van der Waals surface area contributed by atoms with E-state index in [4.69, 9.17) is 9.47 Å². The molecule has 2 heterocycles. The van der Waals surface area contributed by atoms with Gasteiger partial charge < -0.3 is 9.47 Å². The number of nitrogens with zero attached hydrogens (tertiary/aromatic N) is 2. The standard InChI is InChI=1S/C12H25NO.C11H23NO/c1-6-13-10(4)7-8-12(13)11(5)14-9(2)3;1-9(2)13-10(3)11(4)7-6-8-12(11)5/h9-12H,6-8H2,1-5H3;9-10H,6-8H2,1-5H3/t10?,11-,12?;10-,11?/m00/s1. The number of hydrogen-bond acceptors (Lipinski definition) is 4. The topological polar surface area (TPSA) is 24.9 Å². The molecular weight excluding hydrogens is 336 g/mol. The van der Waals surface area contributed by atoms with E-state index in [0.29, 0.717) is 30.5 Å². The second-order valence-electron chi connectivity index (χ2n) is 9.42. The molecule has 5 atom stereocenters. The fraction of sp³-hybridized carbons (Fsp3) is 1.00. The maximum absolute atomic E-state index is 5.87. The summed E-state index contributed by atoms with van der Waals surface area (Å²) in [6.07, 6.45) is 6.57. The molecule has 2 aliphatic heterocycles. The van der Waals surface area contributed by atoms with Crippen molar-refractivity contribution in [1.29, 1.82) is 0 Å². The van der Waals surface area contributed by atoms with E-state index in [-0.39, 0.29) is 5.54 Å². The first kappa shape index (κ1) is 24.9. The predicted molar refractivity (Wildman–Crippen MR) is 116 cm³/mol. The summed E-state index contributed by atoms with van der Waals surface area (Å²) in [7, 11) is 2.20. The van der Waals surface area contributed by atoms with Crippen molar-refractivity contribution in [2.45, 2.75) is 130 Å². The van der Waals surface area contributed by atoms with Crippen LogP contribution in [0.15, 0.2) is 0 Å². The Bertz CT molecular complexity index is 415. The molecule has 2 rings (SSSR count). The van der Waals surface area contributed by atoms with E-state index in [2.05, 4.69) is 79.2 Å². The van der Waals surface area contributed by atoms with Crippen LogP contribution in [0.25, 0.3) is 0 Å². The van der Waals surface area contributed by atoms with Gasteiger partial charge in [0.2, 0.25) is 0 Å². The highest BCUT2D eigenvalue weighted by Crippen LogP contribution is 2.32. The summed E-state index contributed by atoms with van der Waals surface area (Å²) >= 11 is 0. The Balaban J connectivity index is 0.000000271. The minimum atomic E-state index is 0.254. The number of rotatable bonds is 7. The summed E-state index contributed by atoms with van der Waals surface area (Å²) in [6, 6.07) is 1.38. The monoisotopic (exact) mass is 384 g/mol. The van der Waals surface area contributed by atoms with Gasteiger partial charge in [0.05, 0.1) is 24.4 Å². The van der Waals surface area contributed by atoms with E-state index in [1.54, 1.807) is 0 Å². The minimum absolute atomic E-state index is 0.254. The zero-order valence-corrected chi connectivity index (χ0v) is 19.9. The van der Waals surface area contributed by atoms with Crippen molar-refractivity contribution in [2.75, 3.05) is 20.1 Å². The molecule has 162 valence electrons. The summed E-state index contributed by atoms with van der Waals surface area (Å²) in [4.78, 5) is 5.01. The first-order valence-electron chi connectivity index (χ1n) is 11.3. The van der Waals surface area contributed by atoms with E-state index in [9.17, 15) is 0 Å². The highest BCUT2D eigenvalue weighted by molar-refractivity contribution is 4.95. The lowest BCUT2D eigenvalue weighted by molar-refractivity contribution is -0.0593. The minimum Gasteiger partial charge on any atom is -0.374 e. The highest BCUT2D eigenvalue weighted by Gasteiger charge is 2.39. The summed E-state index contributed by atoms with van der Waals surface area (Å²) in [6.45, 7) is 22.1. The Kier molecular flexibility index (Phi) is 10.3.